The van der Waals surface area contributed by atoms with E-state index in [0.29, 0.717) is 12.3 Å². The first-order valence-corrected chi connectivity index (χ1v) is 3.93. The van der Waals surface area contributed by atoms with Crippen LogP contribution in [-0.4, -0.2) is 46.9 Å². The molecule has 0 heterocycles. The van der Waals surface area contributed by atoms with Crippen LogP contribution in [0, 0.1) is 11.3 Å². The third-order valence-electron chi connectivity index (χ3n) is 2.25. The van der Waals surface area contributed by atoms with Gasteiger partial charge in [0, 0.05) is 24.5 Å². The minimum absolute atomic E-state index is 0.0689. The van der Waals surface area contributed by atoms with Crippen molar-refractivity contribution in [1.29, 1.82) is 0 Å². The molecule has 0 fully saturated rings. The van der Waals surface area contributed by atoms with Gasteiger partial charge in [0.2, 0.25) is 0 Å². The maximum absolute atomic E-state index is 8.99. The molecule has 1 radical (unpaired) electrons. The number of hydrogen-bond donors (Lipinski definition) is 4. The first-order chi connectivity index (χ1) is 5.64. The van der Waals surface area contributed by atoms with Crippen molar-refractivity contribution in [1.82, 2.24) is 0 Å². The fourth-order valence-electron chi connectivity index (χ4n) is 1.05. The molecule has 4 nitrogen and oxygen atoms in total. The Labute approximate surface area is 72.5 Å². The first kappa shape index (κ1) is 11.8. The van der Waals surface area contributed by atoms with Gasteiger partial charge in [-0.15, -0.1) is 0 Å². The van der Waals surface area contributed by atoms with Gasteiger partial charge in [-0.2, -0.15) is 0 Å². The monoisotopic (exact) mass is 177 g/mol. The summed E-state index contributed by atoms with van der Waals surface area (Å²) < 4.78 is 0. The molecule has 0 saturated carbocycles. The Morgan fingerprint density at radius 2 is 1.58 bits per heavy atom. The van der Waals surface area contributed by atoms with E-state index in [4.69, 9.17) is 20.4 Å². The third kappa shape index (κ3) is 2.71. The molecule has 0 rings (SSSR count). The summed E-state index contributed by atoms with van der Waals surface area (Å²) in [4.78, 5) is 0. The number of rotatable bonds is 6. The van der Waals surface area contributed by atoms with E-state index >= 15 is 0 Å². The van der Waals surface area contributed by atoms with Crippen LogP contribution in [0.4, 0.5) is 0 Å². The Kier molecular flexibility index (Phi) is 5.41. The molecule has 4 heteroatoms. The average Bonchev–Trinajstić information content (AvgIpc) is 2.07. The summed E-state index contributed by atoms with van der Waals surface area (Å²) in [5, 5.41) is 35.3. The Hall–Kier alpha value is -0.160. The fraction of sp³-hybridized carbons (Fsp3) is 0.875. The summed E-state index contributed by atoms with van der Waals surface area (Å²) in [5.74, 6) is 0.457. The molecule has 0 aromatic heterocycles. The molecular formula is C8H17O4. The quantitative estimate of drug-likeness (QED) is 0.416. The van der Waals surface area contributed by atoms with Crippen LogP contribution < -0.4 is 0 Å². The van der Waals surface area contributed by atoms with Crippen molar-refractivity contribution in [3.05, 3.63) is 5.92 Å². The Balaban J connectivity index is 4.24. The van der Waals surface area contributed by atoms with E-state index in [-0.39, 0.29) is 26.4 Å². The second kappa shape index (κ2) is 5.48. The van der Waals surface area contributed by atoms with Crippen LogP contribution in [0.3, 0.4) is 0 Å². The predicted molar refractivity (Wildman–Crippen MR) is 44.3 cm³/mol. The molecule has 0 aliphatic heterocycles. The largest absolute Gasteiger partial charge is 0.396 e. The summed E-state index contributed by atoms with van der Waals surface area (Å²) >= 11 is 0. The molecule has 1 unspecified atom stereocenters. The smallest absolute Gasteiger partial charge is 0.0522 e. The molecule has 0 aliphatic carbocycles. The zero-order valence-electron chi connectivity index (χ0n) is 7.32. The summed E-state index contributed by atoms with van der Waals surface area (Å²) in [6.45, 7) is 0.941. The fourth-order valence-corrected chi connectivity index (χ4v) is 1.05. The van der Waals surface area contributed by atoms with Crippen molar-refractivity contribution in [2.75, 3.05) is 26.4 Å². The van der Waals surface area contributed by atoms with Crippen molar-refractivity contribution in [3.63, 3.8) is 0 Å². The van der Waals surface area contributed by atoms with Crippen molar-refractivity contribution < 1.29 is 20.4 Å². The van der Waals surface area contributed by atoms with Crippen LogP contribution in [0.1, 0.15) is 13.3 Å². The van der Waals surface area contributed by atoms with Crippen LogP contribution in [0.25, 0.3) is 0 Å². The predicted octanol–water partition coefficient (Wildman–Crippen LogP) is -1.07. The molecule has 73 valence electrons. The lowest BCUT2D eigenvalue weighted by Gasteiger charge is -2.32. The molecule has 0 aromatic rings. The van der Waals surface area contributed by atoms with Gasteiger partial charge in [-0.25, -0.2) is 0 Å². The van der Waals surface area contributed by atoms with Crippen LogP contribution in [0.15, 0.2) is 0 Å². The highest BCUT2D eigenvalue weighted by molar-refractivity contribution is 5.04. The van der Waals surface area contributed by atoms with E-state index < -0.39 is 5.41 Å². The molecule has 12 heavy (non-hydrogen) atoms. The van der Waals surface area contributed by atoms with Crippen LogP contribution in [0.5, 0.6) is 0 Å². The number of aliphatic hydroxyl groups excluding tert-OH is 4. The zero-order chi connectivity index (χ0) is 9.61. The van der Waals surface area contributed by atoms with Crippen LogP contribution >= 0.6 is 0 Å². The topological polar surface area (TPSA) is 80.9 Å². The van der Waals surface area contributed by atoms with Gasteiger partial charge < -0.3 is 20.4 Å². The van der Waals surface area contributed by atoms with Gasteiger partial charge in [0.05, 0.1) is 13.2 Å². The van der Waals surface area contributed by atoms with Crippen molar-refractivity contribution in [2.24, 2.45) is 5.41 Å². The van der Waals surface area contributed by atoms with Crippen molar-refractivity contribution in [3.8, 4) is 0 Å². The van der Waals surface area contributed by atoms with E-state index in [9.17, 15) is 0 Å². The average molecular weight is 177 g/mol. The Bertz CT molecular complexity index is 114. The van der Waals surface area contributed by atoms with Gasteiger partial charge in [-0.05, 0) is 6.42 Å². The second-order valence-electron chi connectivity index (χ2n) is 3.11. The molecular weight excluding hydrogens is 160 g/mol. The standard InChI is InChI=1S/C8H17O4/c1-8(6-12,2-3-9)7(4-10)5-11/h9-12H,2-6H2,1H3. The van der Waals surface area contributed by atoms with Crippen LogP contribution in [-0.2, 0) is 0 Å². The van der Waals surface area contributed by atoms with E-state index in [1.807, 2.05) is 0 Å². The van der Waals surface area contributed by atoms with E-state index in [1.165, 1.54) is 0 Å². The Morgan fingerprint density at radius 3 is 1.83 bits per heavy atom. The summed E-state index contributed by atoms with van der Waals surface area (Å²) in [6, 6.07) is 0. The highest BCUT2D eigenvalue weighted by Gasteiger charge is 2.32. The molecule has 0 bridgehead atoms. The van der Waals surface area contributed by atoms with Gasteiger partial charge >= 0.3 is 0 Å². The van der Waals surface area contributed by atoms with E-state index in [0.717, 1.165) is 0 Å². The first-order valence-electron chi connectivity index (χ1n) is 3.93. The highest BCUT2D eigenvalue weighted by atomic mass is 16.3. The van der Waals surface area contributed by atoms with Gasteiger partial charge in [0.1, 0.15) is 0 Å². The molecule has 0 spiro atoms. The Morgan fingerprint density at radius 1 is 1.08 bits per heavy atom. The maximum atomic E-state index is 8.99. The molecule has 4 N–H and O–H groups in total. The third-order valence-corrected chi connectivity index (χ3v) is 2.25. The second-order valence-corrected chi connectivity index (χ2v) is 3.11. The van der Waals surface area contributed by atoms with Gasteiger partial charge in [-0.3, -0.25) is 0 Å². The van der Waals surface area contributed by atoms with Gasteiger partial charge in [0.25, 0.3) is 0 Å². The lowest BCUT2D eigenvalue weighted by molar-refractivity contribution is 0.0782. The zero-order valence-corrected chi connectivity index (χ0v) is 7.32. The maximum Gasteiger partial charge on any atom is 0.0522 e. The van der Waals surface area contributed by atoms with E-state index in [1.54, 1.807) is 6.92 Å². The minimum Gasteiger partial charge on any atom is -0.396 e. The molecule has 0 aliphatic rings. The van der Waals surface area contributed by atoms with Gasteiger partial charge in [0.15, 0.2) is 0 Å². The van der Waals surface area contributed by atoms with Gasteiger partial charge in [-0.1, -0.05) is 6.92 Å². The molecule has 0 amide bonds. The molecule has 1 atom stereocenters. The number of hydrogen-bond acceptors (Lipinski definition) is 4. The van der Waals surface area contributed by atoms with Crippen LogP contribution in [0.2, 0.25) is 0 Å². The molecule has 0 aromatic carbocycles. The van der Waals surface area contributed by atoms with Crippen molar-refractivity contribution in [2.45, 2.75) is 13.3 Å². The summed E-state index contributed by atoms with van der Waals surface area (Å²) in [7, 11) is 0. The minimum atomic E-state index is -0.668. The SMILES string of the molecule is CC(CO)(CCO)[C](CO)CO. The van der Waals surface area contributed by atoms with E-state index in [2.05, 4.69) is 0 Å². The van der Waals surface area contributed by atoms with Crippen molar-refractivity contribution >= 4 is 0 Å². The normalized spacial score (nSPS) is 16.5. The number of aliphatic hydroxyl groups is 4. The lowest BCUT2D eigenvalue weighted by Crippen LogP contribution is -2.35. The lowest BCUT2D eigenvalue weighted by atomic mass is 9.76. The molecule has 0 saturated heterocycles. The summed E-state index contributed by atoms with van der Waals surface area (Å²) in [5.41, 5.74) is -0.668. The highest BCUT2D eigenvalue weighted by Crippen LogP contribution is 2.31. The summed E-state index contributed by atoms with van der Waals surface area (Å²) in [6.07, 6.45) is 0.347.